The summed E-state index contributed by atoms with van der Waals surface area (Å²) >= 11 is 0. The smallest absolute Gasteiger partial charge is 0.152 e. The summed E-state index contributed by atoms with van der Waals surface area (Å²) in [6, 6.07) is 0. The molecule has 0 radical (unpaired) electrons. The molecule has 0 spiro atoms. The maximum atomic E-state index is 8.55. The van der Waals surface area contributed by atoms with Gasteiger partial charge in [0.15, 0.2) is 6.29 Å². The molecular formula is C5H10O2S2. The maximum absolute atomic E-state index is 8.55. The van der Waals surface area contributed by atoms with Gasteiger partial charge in [-0.1, -0.05) is 21.6 Å². The Morgan fingerprint density at radius 2 is 2.33 bits per heavy atom. The van der Waals surface area contributed by atoms with Gasteiger partial charge in [0.1, 0.15) is 0 Å². The van der Waals surface area contributed by atoms with Crippen LogP contribution < -0.4 is 0 Å². The maximum Gasteiger partial charge on any atom is 0.152 e. The van der Waals surface area contributed by atoms with Crippen molar-refractivity contribution in [3.63, 3.8) is 0 Å². The Labute approximate surface area is 62.4 Å². The molecule has 54 valence electrons. The van der Waals surface area contributed by atoms with Crippen molar-refractivity contribution in [3.8, 4) is 0 Å². The molecule has 0 aromatic carbocycles. The second kappa shape index (κ2) is 3.71. The van der Waals surface area contributed by atoms with Gasteiger partial charge in [0.25, 0.3) is 0 Å². The average Bonchev–Trinajstić information content (AvgIpc) is 2.15. The molecule has 1 unspecified atom stereocenters. The summed E-state index contributed by atoms with van der Waals surface area (Å²) < 4.78 is 0. The largest absolute Gasteiger partial charge is 0.368 e. The first kappa shape index (κ1) is 7.72. The molecule has 0 aromatic heterocycles. The lowest BCUT2D eigenvalue weighted by molar-refractivity contribution is -0.0449. The van der Waals surface area contributed by atoms with Crippen LogP contribution in [0.15, 0.2) is 0 Å². The molecule has 1 saturated heterocycles. The molecule has 1 heterocycles. The van der Waals surface area contributed by atoms with Crippen molar-refractivity contribution in [2.75, 3.05) is 5.75 Å². The van der Waals surface area contributed by atoms with E-state index in [4.69, 9.17) is 10.2 Å². The molecule has 1 aliphatic rings. The molecular weight excluding hydrogens is 156 g/mol. The third-order valence-corrected chi connectivity index (χ3v) is 4.16. The number of hydrogen-bond acceptors (Lipinski definition) is 4. The minimum Gasteiger partial charge on any atom is -0.368 e. The van der Waals surface area contributed by atoms with Crippen LogP contribution in [0.2, 0.25) is 0 Å². The molecule has 4 heteroatoms. The second-order valence-electron chi connectivity index (χ2n) is 2.05. The first-order valence-electron chi connectivity index (χ1n) is 2.93. The molecule has 1 aliphatic heterocycles. The van der Waals surface area contributed by atoms with Crippen LogP contribution in [0.25, 0.3) is 0 Å². The van der Waals surface area contributed by atoms with Gasteiger partial charge in [0.2, 0.25) is 0 Å². The molecule has 0 amide bonds. The normalized spacial score (nSPS) is 27.7. The van der Waals surface area contributed by atoms with Crippen LogP contribution in [0.5, 0.6) is 0 Å². The number of rotatable bonds is 2. The molecule has 2 N–H and O–H groups in total. The van der Waals surface area contributed by atoms with Gasteiger partial charge in [-0.2, -0.15) is 0 Å². The van der Waals surface area contributed by atoms with Gasteiger partial charge in [-0.15, -0.1) is 0 Å². The summed E-state index contributed by atoms with van der Waals surface area (Å²) in [5.74, 6) is 1.15. The van der Waals surface area contributed by atoms with E-state index in [0.717, 1.165) is 12.2 Å². The van der Waals surface area contributed by atoms with Crippen molar-refractivity contribution in [1.82, 2.24) is 0 Å². The highest BCUT2D eigenvalue weighted by molar-refractivity contribution is 8.77. The van der Waals surface area contributed by atoms with Crippen LogP contribution in [0.1, 0.15) is 12.8 Å². The number of aliphatic hydroxyl groups is 2. The van der Waals surface area contributed by atoms with Crippen LogP contribution in [0, 0.1) is 0 Å². The predicted octanol–water partition coefficient (Wildman–Crippen LogP) is 0.841. The quantitative estimate of drug-likeness (QED) is 0.471. The van der Waals surface area contributed by atoms with Crippen LogP contribution in [-0.2, 0) is 0 Å². The molecule has 0 aromatic rings. The second-order valence-corrected chi connectivity index (χ2v) is 4.83. The van der Waals surface area contributed by atoms with Crippen molar-refractivity contribution in [2.45, 2.75) is 24.4 Å². The molecule has 0 saturated carbocycles. The zero-order valence-corrected chi connectivity index (χ0v) is 6.62. The Morgan fingerprint density at radius 3 is 2.78 bits per heavy atom. The van der Waals surface area contributed by atoms with E-state index in [0.29, 0.717) is 11.7 Å². The average molecular weight is 166 g/mol. The van der Waals surface area contributed by atoms with E-state index >= 15 is 0 Å². The fourth-order valence-corrected chi connectivity index (χ4v) is 3.73. The fraction of sp³-hybridized carbons (Fsp3) is 1.00. The molecule has 0 aliphatic carbocycles. The monoisotopic (exact) mass is 166 g/mol. The van der Waals surface area contributed by atoms with E-state index in [1.165, 1.54) is 0 Å². The molecule has 9 heavy (non-hydrogen) atoms. The zero-order valence-electron chi connectivity index (χ0n) is 4.99. The lowest BCUT2D eigenvalue weighted by atomic mass is 10.2. The summed E-state index contributed by atoms with van der Waals surface area (Å²) in [7, 11) is 3.59. The zero-order chi connectivity index (χ0) is 6.69. The van der Waals surface area contributed by atoms with Crippen LogP contribution in [-0.4, -0.2) is 27.5 Å². The van der Waals surface area contributed by atoms with E-state index in [1.807, 2.05) is 10.8 Å². The number of hydrogen-bond donors (Lipinski definition) is 2. The first-order chi connectivity index (χ1) is 4.29. The SMILES string of the molecule is OC(O)CC1CCSS1. The van der Waals surface area contributed by atoms with E-state index < -0.39 is 6.29 Å². The van der Waals surface area contributed by atoms with Gasteiger partial charge in [-0.3, -0.25) is 0 Å². The summed E-state index contributed by atoms with van der Waals surface area (Å²) in [5, 5.41) is 17.6. The Hall–Kier alpha value is 0.620. The Kier molecular flexibility index (Phi) is 3.18. The van der Waals surface area contributed by atoms with E-state index in [9.17, 15) is 0 Å². The topological polar surface area (TPSA) is 40.5 Å². The van der Waals surface area contributed by atoms with Crippen molar-refractivity contribution in [2.24, 2.45) is 0 Å². The molecule has 1 atom stereocenters. The van der Waals surface area contributed by atoms with Gasteiger partial charge >= 0.3 is 0 Å². The van der Waals surface area contributed by atoms with E-state index in [-0.39, 0.29) is 0 Å². The lowest BCUT2D eigenvalue weighted by Crippen LogP contribution is -2.11. The first-order valence-corrected chi connectivity index (χ1v) is 5.31. The van der Waals surface area contributed by atoms with Gasteiger partial charge in [0, 0.05) is 17.4 Å². The highest BCUT2D eigenvalue weighted by atomic mass is 33.1. The third-order valence-electron chi connectivity index (χ3n) is 1.20. The Bertz CT molecular complexity index is 81.0. The highest BCUT2D eigenvalue weighted by Crippen LogP contribution is 2.39. The van der Waals surface area contributed by atoms with Crippen LogP contribution in [0.3, 0.4) is 0 Å². The van der Waals surface area contributed by atoms with Crippen molar-refractivity contribution >= 4 is 21.6 Å². The van der Waals surface area contributed by atoms with Crippen molar-refractivity contribution < 1.29 is 10.2 Å². The highest BCUT2D eigenvalue weighted by Gasteiger charge is 2.18. The molecule has 2 nitrogen and oxygen atoms in total. The van der Waals surface area contributed by atoms with Gasteiger partial charge < -0.3 is 10.2 Å². The van der Waals surface area contributed by atoms with Crippen molar-refractivity contribution in [1.29, 1.82) is 0 Å². The summed E-state index contributed by atoms with van der Waals surface area (Å²) in [6.45, 7) is 0. The molecule has 1 rings (SSSR count). The van der Waals surface area contributed by atoms with Crippen LogP contribution >= 0.6 is 21.6 Å². The molecule has 0 bridgehead atoms. The van der Waals surface area contributed by atoms with E-state index in [1.54, 1.807) is 10.8 Å². The minimum atomic E-state index is -1.11. The third kappa shape index (κ3) is 2.80. The fourth-order valence-electron chi connectivity index (χ4n) is 0.764. The lowest BCUT2D eigenvalue weighted by Gasteiger charge is -2.07. The Morgan fingerprint density at radius 1 is 1.56 bits per heavy atom. The Balaban J connectivity index is 2.11. The summed E-state index contributed by atoms with van der Waals surface area (Å²) in [5.41, 5.74) is 0. The molecule has 1 fully saturated rings. The van der Waals surface area contributed by atoms with Gasteiger partial charge in [-0.05, 0) is 6.42 Å². The minimum absolute atomic E-state index is 0.468. The number of aliphatic hydroxyl groups excluding tert-OH is 1. The summed E-state index contributed by atoms with van der Waals surface area (Å²) in [4.78, 5) is 0. The van der Waals surface area contributed by atoms with Gasteiger partial charge in [0.05, 0.1) is 0 Å². The van der Waals surface area contributed by atoms with Crippen LogP contribution in [0.4, 0.5) is 0 Å². The van der Waals surface area contributed by atoms with E-state index in [2.05, 4.69) is 0 Å². The van der Waals surface area contributed by atoms with Gasteiger partial charge in [-0.25, -0.2) is 0 Å². The standard InChI is InChI=1S/C5H10O2S2/c6-5(7)3-4-1-2-8-9-4/h4-7H,1-3H2. The predicted molar refractivity (Wildman–Crippen MR) is 41.3 cm³/mol. The summed E-state index contributed by atoms with van der Waals surface area (Å²) in [6.07, 6.45) is 0.533. The van der Waals surface area contributed by atoms with Crippen molar-refractivity contribution in [3.05, 3.63) is 0 Å².